The Morgan fingerprint density at radius 1 is 1.26 bits per heavy atom. The molecule has 118 valence electrons. The van der Waals surface area contributed by atoms with Crippen molar-refractivity contribution in [3.63, 3.8) is 0 Å². The average molecular weight is 375 g/mol. The molecule has 6 heteroatoms. The fraction of sp³-hybridized carbons (Fsp3) is 0.176. The number of hydrogen-bond acceptors (Lipinski definition) is 4. The molecule has 1 N–H and O–H groups in total. The second-order valence-electron chi connectivity index (χ2n) is 4.70. The van der Waals surface area contributed by atoms with Gasteiger partial charge < -0.3 is 14.8 Å². The van der Waals surface area contributed by atoms with Crippen LogP contribution in [-0.4, -0.2) is 19.1 Å². The number of nitriles is 1. The third-order valence-corrected chi connectivity index (χ3v) is 3.59. The first kappa shape index (κ1) is 16.8. The first-order valence-electron chi connectivity index (χ1n) is 6.85. The SMILES string of the molecule is COc1ccc(Br)cc1NC(=O)C(C)Oc1ccccc1C#N. The van der Waals surface area contributed by atoms with Crippen LogP contribution >= 0.6 is 15.9 Å². The summed E-state index contributed by atoms with van der Waals surface area (Å²) in [6, 6.07) is 14.1. The third kappa shape index (κ3) is 4.24. The minimum Gasteiger partial charge on any atom is -0.495 e. The van der Waals surface area contributed by atoms with Crippen LogP contribution in [0.3, 0.4) is 0 Å². The van der Waals surface area contributed by atoms with Gasteiger partial charge in [-0.1, -0.05) is 28.1 Å². The number of nitrogens with one attached hydrogen (secondary N) is 1. The molecule has 1 atom stereocenters. The van der Waals surface area contributed by atoms with Crippen LogP contribution in [0, 0.1) is 11.3 Å². The molecule has 0 saturated carbocycles. The number of nitrogens with zero attached hydrogens (tertiary/aromatic N) is 1. The van der Waals surface area contributed by atoms with Crippen molar-refractivity contribution in [2.75, 3.05) is 12.4 Å². The summed E-state index contributed by atoms with van der Waals surface area (Å²) in [5.41, 5.74) is 0.920. The van der Waals surface area contributed by atoms with Gasteiger partial charge in [0.05, 0.1) is 18.4 Å². The molecule has 0 heterocycles. The maximum absolute atomic E-state index is 12.3. The Hall–Kier alpha value is -2.52. The van der Waals surface area contributed by atoms with Gasteiger partial charge in [0.1, 0.15) is 17.6 Å². The highest BCUT2D eigenvalue weighted by atomic mass is 79.9. The van der Waals surface area contributed by atoms with Crippen molar-refractivity contribution in [2.45, 2.75) is 13.0 Å². The van der Waals surface area contributed by atoms with Gasteiger partial charge in [0.2, 0.25) is 0 Å². The molecule has 2 aromatic carbocycles. The number of anilines is 1. The summed E-state index contributed by atoms with van der Waals surface area (Å²) in [5, 5.41) is 11.8. The van der Waals surface area contributed by atoms with E-state index in [-0.39, 0.29) is 5.91 Å². The standard InChI is InChI=1S/C17H15BrN2O3/c1-11(23-15-6-4-3-5-12(15)10-19)17(21)20-14-9-13(18)7-8-16(14)22-2/h3-9,11H,1-2H3,(H,20,21). The smallest absolute Gasteiger partial charge is 0.265 e. The number of ether oxygens (including phenoxy) is 2. The lowest BCUT2D eigenvalue weighted by atomic mass is 10.2. The maximum Gasteiger partial charge on any atom is 0.265 e. The van der Waals surface area contributed by atoms with E-state index in [1.54, 1.807) is 43.3 Å². The fourth-order valence-corrected chi connectivity index (χ4v) is 2.28. The van der Waals surface area contributed by atoms with Crippen molar-refractivity contribution in [3.05, 3.63) is 52.5 Å². The molecule has 0 fully saturated rings. The molecule has 1 amide bonds. The molecule has 2 rings (SSSR count). The molecule has 0 saturated heterocycles. The molecule has 2 aromatic rings. The lowest BCUT2D eigenvalue weighted by molar-refractivity contribution is -0.122. The number of hydrogen-bond donors (Lipinski definition) is 1. The van der Waals surface area contributed by atoms with E-state index in [0.717, 1.165) is 4.47 Å². The molecule has 1 unspecified atom stereocenters. The van der Waals surface area contributed by atoms with Crippen LogP contribution in [0.5, 0.6) is 11.5 Å². The lowest BCUT2D eigenvalue weighted by Crippen LogP contribution is -2.30. The van der Waals surface area contributed by atoms with Crippen LogP contribution in [0.2, 0.25) is 0 Å². The van der Waals surface area contributed by atoms with Crippen LogP contribution in [0.4, 0.5) is 5.69 Å². The normalized spacial score (nSPS) is 11.2. The average Bonchev–Trinajstić information content (AvgIpc) is 2.55. The first-order valence-corrected chi connectivity index (χ1v) is 7.64. The summed E-state index contributed by atoms with van der Waals surface area (Å²) >= 11 is 3.35. The van der Waals surface area contributed by atoms with Gasteiger partial charge in [-0.2, -0.15) is 5.26 Å². The van der Waals surface area contributed by atoms with Crippen molar-refractivity contribution >= 4 is 27.5 Å². The summed E-state index contributed by atoms with van der Waals surface area (Å²) in [5.74, 6) is 0.583. The van der Waals surface area contributed by atoms with Gasteiger partial charge in [0.15, 0.2) is 6.10 Å². The van der Waals surface area contributed by atoms with E-state index in [1.807, 2.05) is 12.1 Å². The van der Waals surface area contributed by atoms with Gasteiger partial charge >= 0.3 is 0 Å². The van der Waals surface area contributed by atoms with Crippen molar-refractivity contribution in [1.82, 2.24) is 0 Å². The summed E-state index contributed by atoms with van der Waals surface area (Å²) in [6.45, 7) is 1.62. The number of halogens is 1. The second kappa shape index (κ2) is 7.65. The van der Waals surface area contributed by atoms with E-state index >= 15 is 0 Å². The Bertz CT molecular complexity index is 756. The predicted molar refractivity (Wildman–Crippen MR) is 90.6 cm³/mol. The summed E-state index contributed by atoms with van der Waals surface area (Å²) in [6.07, 6.45) is -0.770. The van der Waals surface area contributed by atoms with Crippen LogP contribution in [-0.2, 0) is 4.79 Å². The van der Waals surface area contributed by atoms with Crippen molar-refractivity contribution in [1.29, 1.82) is 5.26 Å². The van der Waals surface area contributed by atoms with Crippen LogP contribution in [0.25, 0.3) is 0 Å². The Balaban J connectivity index is 2.12. The molecular formula is C17H15BrN2O3. The maximum atomic E-state index is 12.3. The third-order valence-electron chi connectivity index (χ3n) is 3.10. The van der Waals surface area contributed by atoms with Gasteiger partial charge in [0, 0.05) is 4.47 Å². The van der Waals surface area contributed by atoms with Gasteiger partial charge in [-0.05, 0) is 37.3 Å². The minimum absolute atomic E-state index is 0.339. The lowest BCUT2D eigenvalue weighted by Gasteiger charge is -2.17. The number of benzene rings is 2. The Morgan fingerprint density at radius 2 is 2.00 bits per heavy atom. The molecule has 0 aliphatic heterocycles. The molecule has 5 nitrogen and oxygen atoms in total. The van der Waals surface area contributed by atoms with E-state index in [2.05, 4.69) is 21.2 Å². The molecular weight excluding hydrogens is 360 g/mol. The Morgan fingerprint density at radius 3 is 2.70 bits per heavy atom. The van der Waals surface area contributed by atoms with E-state index < -0.39 is 6.10 Å². The number of amides is 1. The van der Waals surface area contributed by atoms with Gasteiger partial charge in [-0.25, -0.2) is 0 Å². The van der Waals surface area contributed by atoms with E-state index in [4.69, 9.17) is 14.7 Å². The van der Waals surface area contributed by atoms with Crippen LogP contribution in [0.1, 0.15) is 12.5 Å². The zero-order valence-electron chi connectivity index (χ0n) is 12.7. The highest BCUT2D eigenvalue weighted by Crippen LogP contribution is 2.28. The number of carbonyl (C=O) groups excluding carboxylic acids is 1. The molecule has 0 aliphatic rings. The molecule has 0 spiro atoms. The fourth-order valence-electron chi connectivity index (χ4n) is 1.92. The molecule has 0 aromatic heterocycles. The van der Waals surface area contributed by atoms with Gasteiger partial charge in [-0.15, -0.1) is 0 Å². The zero-order valence-corrected chi connectivity index (χ0v) is 14.3. The van der Waals surface area contributed by atoms with E-state index in [1.165, 1.54) is 7.11 Å². The summed E-state index contributed by atoms with van der Waals surface area (Å²) in [4.78, 5) is 12.3. The quantitative estimate of drug-likeness (QED) is 0.865. The molecule has 0 radical (unpaired) electrons. The summed E-state index contributed by atoms with van der Waals surface area (Å²) in [7, 11) is 1.53. The number of para-hydroxylation sites is 1. The number of rotatable bonds is 5. The second-order valence-corrected chi connectivity index (χ2v) is 5.62. The largest absolute Gasteiger partial charge is 0.495 e. The zero-order chi connectivity index (χ0) is 16.8. The summed E-state index contributed by atoms with van der Waals surface area (Å²) < 4.78 is 11.6. The van der Waals surface area contributed by atoms with Crippen molar-refractivity contribution in [2.24, 2.45) is 0 Å². The van der Waals surface area contributed by atoms with Crippen LogP contribution < -0.4 is 14.8 Å². The van der Waals surface area contributed by atoms with Crippen molar-refractivity contribution < 1.29 is 14.3 Å². The predicted octanol–water partition coefficient (Wildman–Crippen LogP) is 3.74. The number of carbonyl (C=O) groups is 1. The number of methoxy groups -OCH3 is 1. The minimum atomic E-state index is -0.770. The Kier molecular flexibility index (Phi) is 5.61. The Labute approximate surface area is 143 Å². The molecule has 0 bridgehead atoms. The highest BCUT2D eigenvalue weighted by molar-refractivity contribution is 9.10. The monoisotopic (exact) mass is 374 g/mol. The molecule has 23 heavy (non-hydrogen) atoms. The van der Waals surface area contributed by atoms with Crippen molar-refractivity contribution in [3.8, 4) is 17.6 Å². The van der Waals surface area contributed by atoms with Gasteiger partial charge in [0.25, 0.3) is 5.91 Å². The topological polar surface area (TPSA) is 71.3 Å². The highest BCUT2D eigenvalue weighted by Gasteiger charge is 2.18. The van der Waals surface area contributed by atoms with E-state index in [0.29, 0.717) is 22.7 Å². The van der Waals surface area contributed by atoms with Gasteiger partial charge in [-0.3, -0.25) is 4.79 Å². The van der Waals surface area contributed by atoms with E-state index in [9.17, 15) is 4.79 Å². The molecule has 0 aliphatic carbocycles. The first-order chi connectivity index (χ1) is 11.0. The van der Waals surface area contributed by atoms with Crippen LogP contribution in [0.15, 0.2) is 46.9 Å².